The van der Waals surface area contributed by atoms with Crippen LogP contribution in [-0.4, -0.2) is 28.9 Å². The second kappa shape index (κ2) is 3.70. The molecule has 1 fully saturated rings. The van der Waals surface area contributed by atoms with Gasteiger partial charge in [0.25, 0.3) is 0 Å². The van der Waals surface area contributed by atoms with Crippen LogP contribution < -0.4 is 0 Å². The van der Waals surface area contributed by atoms with Gasteiger partial charge in [0.05, 0.1) is 5.56 Å². The topological polar surface area (TPSA) is 51.5 Å². The quantitative estimate of drug-likeness (QED) is 0.806. The number of ether oxygens (including phenoxy) is 1. The van der Waals surface area contributed by atoms with Crippen LogP contribution in [0.15, 0.2) is 18.5 Å². The molecule has 4 nitrogen and oxygen atoms in total. The predicted octanol–water partition coefficient (Wildman–Crippen LogP) is 1.71. The number of rotatable bonds is 2. The Hall–Kier alpha value is -1.29. The Morgan fingerprint density at radius 1 is 1.53 bits per heavy atom. The molecule has 1 aromatic rings. The molecule has 0 spiro atoms. The fourth-order valence-electron chi connectivity index (χ4n) is 1.93. The van der Waals surface area contributed by atoms with Gasteiger partial charge in [-0.05, 0) is 25.8 Å². The number of hydrogen-bond donors (Lipinski definition) is 1. The summed E-state index contributed by atoms with van der Waals surface area (Å²) in [6.07, 6.45) is 5.41. The second-order valence-corrected chi connectivity index (χ2v) is 4.22. The summed E-state index contributed by atoms with van der Waals surface area (Å²) in [5, 5.41) is 8.84. The molecule has 0 amide bonds. The number of carboxylic acid groups (broad SMARTS) is 1. The molecule has 1 aromatic heterocycles. The maximum absolute atomic E-state index is 10.8. The zero-order valence-corrected chi connectivity index (χ0v) is 8.77. The summed E-state index contributed by atoms with van der Waals surface area (Å²) in [4.78, 5) is 10.8. The average molecular weight is 209 g/mol. The highest BCUT2D eigenvalue weighted by Gasteiger charge is 2.29. The molecular weight excluding hydrogens is 194 g/mol. The van der Waals surface area contributed by atoms with Crippen molar-refractivity contribution in [3.05, 3.63) is 24.0 Å². The molecule has 4 heteroatoms. The molecule has 1 saturated heterocycles. The summed E-state index contributed by atoms with van der Waals surface area (Å²) in [5.74, 6) is -0.871. The van der Waals surface area contributed by atoms with Crippen LogP contribution in [0.3, 0.4) is 0 Å². The van der Waals surface area contributed by atoms with Crippen molar-refractivity contribution in [2.45, 2.75) is 25.3 Å². The molecule has 2 heterocycles. The van der Waals surface area contributed by atoms with E-state index < -0.39 is 5.97 Å². The summed E-state index contributed by atoms with van der Waals surface area (Å²) in [5.41, 5.74) is 0.356. The van der Waals surface area contributed by atoms with E-state index in [0.29, 0.717) is 5.56 Å². The van der Waals surface area contributed by atoms with Crippen molar-refractivity contribution >= 4 is 5.97 Å². The van der Waals surface area contributed by atoms with E-state index in [4.69, 9.17) is 9.84 Å². The Balaban J connectivity index is 2.23. The Bertz CT molecular complexity index is 364. The molecule has 0 unspecified atom stereocenters. The first kappa shape index (κ1) is 10.2. The number of carboxylic acids is 1. The lowest BCUT2D eigenvalue weighted by atomic mass is 9.92. The van der Waals surface area contributed by atoms with E-state index in [0.717, 1.165) is 26.1 Å². The van der Waals surface area contributed by atoms with Gasteiger partial charge in [0.1, 0.15) is 0 Å². The molecule has 1 aliphatic rings. The van der Waals surface area contributed by atoms with Gasteiger partial charge in [0, 0.05) is 31.1 Å². The van der Waals surface area contributed by atoms with Crippen molar-refractivity contribution in [1.29, 1.82) is 0 Å². The van der Waals surface area contributed by atoms with Gasteiger partial charge >= 0.3 is 5.97 Å². The maximum Gasteiger partial charge on any atom is 0.337 e. The molecule has 0 saturated carbocycles. The summed E-state index contributed by atoms with van der Waals surface area (Å²) in [7, 11) is 0. The van der Waals surface area contributed by atoms with Gasteiger partial charge < -0.3 is 14.4 Å². The Morgan fingerprint density at radius 3 is 2.73 bits per heavy atom. The highest BCUT2D eigenvalue weighted by molar-refractivity contribution is 5.87. The molecule has 1 N–H and O–H groups in total. The molecule has 2 rings (SSSR count). The van der Waals surface area contributed by atoms with Crippen LogP contribution in [0.4, 0.5) is 0 Å². The van der Waals surface area contributed by atoms with Crippen molar-refractivity contribution in [3.8, 4) is 0 Å². The van der Waals surface area contributed by atoms with Crippen LogP contribution in [0.2, 0.25) is 0 Å². The van der Waals surface area contributed by atoms with E-state index in [2.05, 4.69) is 6.92 Å². The fourth-order valence-corrected chi connectivity index (χ4v) is 1.93. The third-order valence-corrected chi connectivity index (χ3v) is 3.13. The molecular formula is C11H15NO3. The van der Waals surface area contributed by atoms with E-state index in [1.165, 1.54) is 0 Å². The average Bonchev–Trinajstić information content (AvgIpc) is 2.68. The fraction of sp³-hybridized carbons (Fsp3) is 0.545. The first-order valence-electron chi connectivity index (χ1n) is 5.11. The monoisotopic (exact) mass is 209 g/mol. The van der Waals surface area contributed by atoms with Gasteiger partial charge in [0.15, 0.2) is 0 Å². The maximum atomic E-state index is 10.8. The SMILES string of the molecule is CC1(n2ccc(C(=O)O)c2)CCOCC1. The van der Waals surface area contributed by atoms with Gasteiger partial charge in [0.2, 0.25) is 0 Å². The Morgan fingerprint density at radius 2 is 2.20 bits per heavy atom. The van der Waals surface area contributed by atoms with Crippen LogP contribution in [0.25, 0.3) is 0 Å². The number of hydrogen-bond acceptors (Lipinski definition) is 2. The third-order valence-electron chi connectivity index (χ3n) is 3.13. The molecule has 15 heavy (non-hydrogen) atoms. The summed E-state index contributed by atoms with van der Waals surface area (Å²) in [6, 6.07) is 1.64. The van der Waals surface area contributed by atoms with Crippen LogP contribution in [0, 0.1) is 0 Å². The first-order chi connectivity index (χ1) is 7.12. The highest BCUT2D eigenvalue weighted by Crippen LogP contribution is 2.29. The van der Waals surface area contributed by atoms with E-state index in [9.17, 15) is 4.79 Å². The van der Waals surface area contributed by atoms with Crippen LogP contribution in [-0.2, 0) is 10.3 Å². The first-order valence-corrected chi connectivity index (χ1v) is 5.11. The van der Waals surface area contributed by atoms with Crippen molar-refractivity contribution in [3.63, 3.8) is 0 Å². The molecule has 1 aliphatic heterocycles. The minimum Gasteiger partial charge on any atom is -0.478 e. The van der Waals surface area contributed by atoms with Crippen molar-refractivity contribution in [2.75, 3.05) is 13.2 Å². The minimum atomic E-state index is -0.871. The zero-order valence-electron chi connectivity index (χ0n) is 8.77. The van der Waals surface area contributed by atoms with Gasteiger partial charge in [-0.1, -0.05) is 0 Å². The van der Waals surface area contributed by atoms with Gasteiger partial charge in [-0.2, -0.15) is 0 Å². The molecule has 0 bridgehead atoms. The lowest BCUT2D eigenvalue weighted by molar-refractivity contribution is 0.0296. The number of aromatic nitrogens is 1. The lowest BCUT2D eigenvalue weighted by Crippen LogP contribution is -2.35. The summed E-state index contributed by atoms with van der Waals surface area (Å²) in [6.45, 7) is 3.63. The highest BCUT2D eigenvalue weighted by atomic mass is 16.5. The van der Waals surface area contributed by atoms with E-state index in [1.54, 1.807) is 12.3 Å². The number of nitrogens with zero attached hydrogens (tertiary/aromatic N) is 1. The standard InChI is InChI=1S/C11H15NO3/c1-11(3-6-15-7-4-11)12-5-2-9(8-12)10(13)14/h2,5,8H,3-4,6-7H2,1H3,(H,13,14). The number of aromatic carboxylic acids is 1. The second-order valence-electron chi connectivity index (χ2n) is 4.22. The van der Waals surface area contributed by atoms with Crippen LogP contribution in [0.5, 0.6) is 0 Å². The van der Waals surface area contributed by atoms with E-state index in [-0.39, 0.29) is 5.54 Å². The normalized spacial score (nSPS) is 20.1. The van der Waals surface area contributed by atoms with Gasteiger partial charge in [-0.15, -0.1) is 0 Å². The van der Waals surface area contributed by atoms with Gasteiger partial charge in [-0.3, -0.25) is 0 Å². The molecule has 82 valence electrons. The van der Waals surface area contributed by atoms with E-state index >= 15 is 0 Å². The van der Waals surface area contributed by atoms with Crippen molar-refractivity contribution in [1.82, 2.24) is 4.57 Å². The molecule has 0 atom stereocenters. The Labute approximate surface area is 88.5 Å². The Kier molecular flexibility index (Phi) is 2.52. The van der Waals surface area contributed by atoms with Crippen LogP contribution in [0.1, 0.15) is 30.1 Å². The third kappa shape index (κ3) is 1.90. The largest absolute Gasteiger partial charge is 0.478 e. The van der Waals surface area contributed by atoms with E-state index in [1.807, 2.05) is 10.8 Å². The molecule has 0 aliphatic carbocycles. The smallest absolute Gasteiger partial charge is 0.337 e. The summed E-state index contributed by atoms with van der Waals surface area (Å²) < 4.78 is 7.31. The summed E-state index contributed by atoms with van der Waals surface area (Å²) >= 11 is 0. The van der Waals surface area contributed by atoms with Crippen molar-refractivity contribution in [2.24, 2.45) is 0 Å². The van der Waals surface area contributed by atoms with Gasteiger partial charge in [-0.25, -0.2) is 4.79 Å². The molecule has 0 aromatic carbocycles. The molecule has 0 radical (unpaired) electrons. The predicted molar refractivity (Wildman–Crippen MR) is 55.1 cm³/mol. The number of carbonyl (C=O) groups is 1. The minimum absolute atomic E-state index is 0.00590. The lowest BCUT2D eigenvalue weighted by Gasteiger charge is -2.35. The zero-order chi connectivity index (χ0) is 10.9. The van der Waals surface area contributed by atoms with Crippen LogP contribution >= 0.6 is 0 Å². The van der Waals surface area contributed by atoms with Crippen molar-refractivity contribution < 1.29 is 14.6 Å².